The molecule has 2 aromatic rings. The van der Waals surface area contributed by atoms with Crippen molar-refractivity contribution in [3.63, 3.8) is 0 Å². The van der Waals surface area contributed by atoms with E-state index in [0.717, 1.165) is 11.3 Å². The lowest BCUT2D eigenvalue weighted by Gasteiger charge is -2.10. The molecule has 96 valence electrons. The third kappa shape index (κ3) is 2.71. The van der Waals surface area contributed by atoms with Gasteiger partial charge in [0, 0.05) is 11.4 Å². The van der Waals surface area contributed by atoms with Crippen LogP contribution in [0, 0.1) is 37.9 Å². The summed E-state index contributed by atoms with van der Waals surface area (Å²) < 4.78 is 13.5. The summed E-state index contributed by atoms with van der Waals surface area (Å²) in [4.78, 5) is 4.30. The van der Waals surface area contributed by atoms with Crippen LogP contribution in [0.2, 0.25) is 0 Å². The van der Waals surface area contributed by atoms with Gasteiger partial charge in [0.05, 0.1) is 5.56 Å². The maximum absolute atomic E-state index is 13.5. The van der Waals surface area contributed by atoms with E-state index in [0.29, 0.717) is 22.6 Å². The van der Waals surface area contributed by atoms with Gasteiger partial charge in [-0.3, -0.25) is 0 Å². The van der Waals surface area contributed by atoms with Gasteiger partial charge in [-0.15, -0.1) is 0 Å². The number of nitrogens with zero attached hydrogens (tertiary/aromatic N) is 2. The fourth-order valence-electron chi connectivity index (χ4n) is 1.88. The zero-order valence-electron chi connectivity index (χ0n) is 11.1. The predicted molar refractivity (Wildman–Crippen MR) is 72.8 cm³/mol. The van der Waals surface area contributed by atoms with Gasteiger partial charge in [0.1, 0.15) is 17.7 Å². The van der Waals surface area contributed by atoms with E-state index in [4.69, 9.17) is 5.26 Å². The first-order valence-electron chi connectivity index (χ1n) is 5.93. The smallest absolute Gasteiger partial charge is 0.148 e. The number of benzene rings is 1. The lowest BCUT2D eigenvalue weighted by molar-refractivity contribution is 0.619. The number of nitrogens with one attached hydrogen (secondary N) is 1. The SMILES string of the molecule is Cc1cc(C)c(C#N)c(Nc2ccc(C)c(F)c2)n1. The molecule has 0 saturated carbocycles. The molecular formula is C15H14FN3. The largest absolute Gasteiger partial charge is 0.339 e. The van der Waals surface area contributed by atoms with Gasteiger partial charge < -0.3 is 5.32 Å². The van der Waals surface area contributed by atoms with Crippen molar-refractivity contribution in [2.75, 3.05) is 5.32 Å². The van der Waals surface area contributed by atoms with Crippen LogP contribution in [0.5, 0.6) is 0 Å². The number of aryl methyl sites for hydroxylation is 3. The predicted octanol–water partition coefficient (Wildman–Crippen LogP) is 3.76. The quantitative estimate of drug-likeness (QED) is 0.888. The molecule has 1 N–H and O–H groups in total. The minimum Gasteiger partial charge on any atom is -0.339 e. The molecule has 0 atom stereocenters. The van der Waals surface area contributed by atoms with Crippen molar-refractivity contribution in [2.45, 2.75) is 20.8 Å². The average molecular weight is 255 g/mol. The first-order chi connectivity index (χ1) is 9.01. The highest BCUT2D eigenvalue weighted by Crippen LogP contribution is 2.23. The minimum absolute atomic E-state index is 0.284. The van der Waals surface area contributed by atoms with Crippen molar-refractivity contribution in [3.8, 4) is 6.07 Å². The summed E-state index contributed by atoms with van der Waals surface area (Å²) in [7, 11) is 0. The van der Waals surface area contributed by atoms with Crippen molar-refractivity contribution in [2.24, 2.45) is 0 Å². The summed E-state index contributed by atoms with van der Waals surface area (Å²) in [6.07, 6.45) is 0. The third-order valence-corrected chi connectivity index (χ3v) is 2.89. The normalized spacial score (nSPS) is 10.1. The number of nitriles is 1. The van der Waals surface area contributed by atoms with Gasteiger partial charge in [-0.2, -0.15) is 5.26 Å². The third-order valence-electron chi connectivity index (χ3n) is 2.89. The number of aromatic nitrogens is 1. The molecule has 0 bridgehead atoms. The summed E-state index contributed by atoms with van der Waals surface area (Å²) in [5.74, 6) is 0.177. The molecule has 0 aliphatic heterocycles. The Kier molecular flexibility index (Phi) is 3.48. The van der Waals surface area contributed by atoms with Crippen molar-refractivity contribution >= 4 is 11.5 Å². The van der Waals surface area contributed by atoms with Crippen LogP contribution in [-0.2, 0) is 0 Å². The van der Waals surface area contributed by atoms with Crippen LogP contribution in [0.1, 0.15) is 22.4 Å². The highest BCUT2D eigenvalue weighted by Gasteiger charge is 2.09. The molecule has 1 aromatic carbocycles. The zero-order chi connectivity index (χ0) is 14.0. The lowest BCUT2D eigenvalue weighted by Crippen LogP contribution is -2.01. The van der Waals surface area contributed by atoms with Gasteiger partial charge in [-0.1, -0.05) is 6.07 Å². The molecule has 2 rings (SSSR count). The van der Waals surface area contributed by atoms with Gasteiger partial charge in [-0.05, 0) is 50.1 Å². The number of pyridine rings is 1. The van der Waals surface area contributed by atoms with Crippen LogP contribution >= 0.6 is 0 Å². The number of anilines is 2. The molecule has 0 saturated heterocycles. The van der Waals surface area contributed by atoms with E-state index in [9.17, 15) is 4.39 Å². The second kappa shape index (κ2) is 5.07. The van der Waals surface area contributed by atoms with Gasteiger partial charge in [0.15, 0.2) is 0 Å². The maximum atomic E-state index is 13.5. The molecule has 0 unspecified atom stereocenters. The Hall–Kier alpha value is -2.41. The molecule has 3 nitrogen and oxygen atoms in total. The molecule has 0 spiro atoms. The standard InChI is InChI=1S/C15H14FN3/c1-9-4-5-12(7-14(9)16)19-15-13(8-17)10(2)6-11(3)18-15/h4-7H,1-3H3,(H,18,19). The average Bonchev–Trinajstić information content (AvgIpc) is 2.33. The topological polar surface area (TPSA) is 48.7 Å². The number of halogens is 1. The Morgan fingerprint density at radius 3 is 2.53 bits per heavy atom. The molecular weight excluding hydrogens is 241 g/mol. The highest BCUT2D eigenvalue weighted by atomic mass is 19.1. The summed E-state index contributed by atoms with van der Waals surface area (Å²) in [6.45, 7) is 5.41. The molecule has 4 heteroatoms. The second-order valence-corrected chi connectivity index (χ2v) is 4.50. The molecule has 0 amide bonds. The summed E-state index contributed by atoms with van der Waals surface area (Å²) in [5, 5.41) is 12.2. The fourth-order valence-corrected chi connectivity index (χ4v) is 1.88. The van der Waals surface area contributed by atoms with E-state index in [2.05, 4.69) is 16.4 Å². The van der Waals surface area contributed by atoms with Crippen LogP contribution in [0.25, 0.3) is 0 Å². The zero-order valence-corrected chi connectivity index (χ0v) is 11.1. The summed E-state index contributed by atoms with van der Waals surface area (Å²) in [6, 6.07) is 8.81. The number of hydrogen-bond donors (Lipinski definition) is 1. The van der Waals surface area contributed by atoms with Crippen molar-refractivity contribution in [3.05, 3.63) is 52.5 Å². The van der Waals surface area contributed by atoms with Crippen molar-refractivity contribution in [1.29, 1.82) is 5.26 Å². The maximum Gasteiger partial charge on any atom is 0.148 e. The molecule has 0 fully saturated rings. The molecule has 1 aromatic heterocycles. The Morgan fingerprint density at radius 2 is 1.89 bits per heavy atom. The Balaban J connectivity index is 2.43. The Bertz CT molecular complexity index is 672. The molecule has 19 heavy (non-hydrogen) atoms. The van der Waals surface area contributed by atoms with Crippen LogP contribution in [-0.4, -0.2) is 4.98 Å². The van der Waals surface area contributed by atoms with Gasteiger partial charge in [0.2, 0.25) is 0 Å². The Labute approximate surface area is 111 Å². The van der Waals surface area contributed by atoms with E-state index in [1.54, 1.807) is 19.1 Å². The monoisotopic (exact) mass is 255 g/mol. The van der Waals surface area contributed by atoms with Crippen molar-refractivity contribution in [1.82, 2.24) is 4.98 Å². The van der Waals surface area contributed by atoms with E-state index in [-0.39, 0.29) is 5.82 Å². The molecule has 0 aliphatic rings. The first kappa shape index (κ1) is 13.0. The summed E-state index contributed by atoms with van der Waals surface area (Å²) in [5.41, 5.74) is 3.31. The van der Waals surface area contributed by atoms with Crippen molar-refractivity contribution < 1.29 is 4.39 Å². The molecule has 1 heterocycles. The van der Waals surface area contributed by atoms with Crippen LogP contribution in [0.3, 0.4) is 0 Å². The first-order valence-corrected chi connectivity index (χ1v) is 5.93. The van der Waals surface area contributed by atoms with Crippen LogP contribution in [0.4, 0.5) is 15.9 Å². The van der Waals surface area contributed by atoms with Gasteiger partial charge in [0.25, 0.3) is 0 Å². The molecule has 0 aliphatic carbocycles. The molecule has 0 radical (unpaired) electrons. The number of hydrogen-bond acceptors (Lipinski definition) is 3. The minimum atomic E-state index is -0.284. The van der Waals surface area contributed by atoms with Gasteiger partial charge >= 0.3 is 0 Å². The van der Waals surface area contributed by atoms with Gasteiger partial charge in [-0.25, -0.2) is 9.37 Å². The van der Waals surface area contributed by atoms with E-state index in [1.807, 2.05) is 19.9 Å². The Morgan fingerprint density at radius 1 is 1.16 bits per heavy atom. The summed E-state index contributed by atoms with van der Waals surface area (Å²) >= 11 is 0. The lowest BCUT2D eigenvalue weighted by atomic mass is 10.1. The van der Waals surface area contributed by atoms with Crippen LogP contribution < -0.4 is 5.32 Å². The number of rotatable bonds is 2. The second-order valence-electron chi connectivity index (χ2n) is 4.50. The van der Waals surface area contributed by atoms with E-state index < -0.39 is 0 Å². The van der Waals surface area contributed by atoms with E-state index in [1.165, 1.54) is 6.07 Å². The van der Waals surface area contributed by atoms with E-state index >= 15 is 0 Å². The van der Waals surface area contributed by atoms with Crippen LogP contribution in [0.15, 0.2) is 24.3 Å². The fraction of sp³-hybridized carbons (Fsp3) is 0.200. The highest BCUT2D eigenvalue weighted by molar-refractivity contribution is 5.65.